The molecule has 0 aliphatic carbocycles. The molecule has 0 aliphatic rings. The smallest absolute Gasteiger partial charge is 0.288 e. The molecule has 0 spiro atoms. The van der Waals surface area contributed by atoms with Crippen LogP contribution in [0.5, 0.6) is 0 Å². The predicted octanol–water partition coefficient (Wildman–Crippen LogP) is 3.31. The van der Waals surface area contributed by atoms with Gasteiger partial charge in [0.1, 0.15) is 0 Å². The van der Waals surface area contributed by atoms with Crippen molar-refractivity contribution in [1.82, 2.24) is 9.55 Å². The molecule has 0 unspecified atom stereocenters. The molecule has 0 atom stereocenters. The summed E-state index contributed by atoms with van der Waals surface area (Å²) in [6, 6.07) is 11.8. The molecule has 1 aromatic carbocycles. The van der Waals surface area contributed by atoms with E-state index in [9.17, 15) is 4.79 Å². The van der Waals surface area contributed by atoms with Gasteiger partial charge in [-0.25, -0.2) is 4.79 Å². The molecule has 3 rings (SSSR count). The summed E-state index contributed by atoms with van der Waals surface area (Å²) >= 11 is 1.59. The molecule has 2 heterocycles. The van der Waals surface area contributed by atoms with Gasteiger partial charge >= 0.3 is 5.69 Å². The van der Waals surface area contributed by atoms with Crippen LogP contribution in [0.4, 0.5) is 0 Å². The number of para-hydroxylation sites is 1. The van der Waals surface area contributed by atoms with E-state index >= 15 is 0 Å². The second-order valence-electron chi connectivity index (χ2n) is 4.14. The molecular formula is C15H12N2OS. The Labute approximate surface area is 114 Å². The van der Waals surface area contributed by atoms with Crippen molar-refractivity contribution in [3.8, 4) is 10.6 Å². The van der Waals surface area contributed by atoms with E-state index in [0.29, 0.717) is 6.54 Å². The topological polar surface area (TPSA) is 34.9 Å². The zero-order chi connectivity index (χ0) is 13.2. The summed E-state index contributed by atoms with van der Waals surface area (Å²) in [4.78, 5) is 17.4. The zero-order valence-corrected chi connectivity index (χ0v) is 11.1. The molecule has 4 heteroatoms. The van der Waals surface area contributed by atoms with E-state index < -0.39 is 0 Å². The number of nitrogens with zero attached hydrogens (tertiary/aromatic N) is 2. The molecule has 0 fully saturated rings. The van der Waals surface area contributed by atoms with Crippen molar-refractivity contribution in [1.29, 1.82) is 0 Å². The Bertz CT molecular complexity index is 788. The maximum atomic E-state index is 12.1. The highest BCUT2D eigenvalue weighted by atomic mass is 32.1. The van der Waals surface area contributed by atoms with Crippen molar-refractivity contribution in [3.63, 3.8) is 0 Å². The third-order valence-electron chi connectivity index (χ3n) is 2.95. The molecule has 3 aromatic rings. The van der Waals surface area contributed by atoms with Gasteiger partial charge in [-0.05, 0) is 17.5 Å². The van der Waals surface area contributed by atoms with Crippen LogP contribution >= 0.6 is 11.3 Å². The first-order valence-corrected chi connectivity index (χ1v) is 6.83. The zero-order valence-electron chi connectivity index (χ0n) is 10.2. The number of rotatable bonds is 3. The summed E-state index contributed by atoms with van der Waals surface area (Å²) < 4.78 is 1.64. The first kappa shape index (κ1) is 11.9. The Morgan fingerprint density at radius 2 is 2.11 bits per heavy atom. The SMILES string of the molecule is C=CCn1c(=O)nc(-c2cccs2)c2ccccc21. The van der Waals surface area contributed by atoms with Crippen molar-refractivity contribution in [2.24, 2.45) is 0 Å². The number of benzene rings is 1. The highest BCUT2D eigenvalue weighted by Crippen LogP contribution is 2.28. The van der Waals surface area contributed by atoms with Crippen LogP contribution in [0.3, 0.4) is 0 Å². The minimum Gasteiger partial charge on any atom is -0.288 e. The van der Waals surface area contributed by atoms with E-state index in [1.807, 2.05) is 41.8 Å². The van der Waals surface area contributed by atoms with Gasteiger partial charge in [0.25, 0.3) is 0 Å². The van der Waals surface area contributed by atoms with E-state index in [1.165, 1.54) is 0 Å². The van der Waals surface area contributed by atoms with E-state index in [1.54, 1.807) is 22.0 Å². The Hall–Kier alpha value is -2.20. The van der Waals surface area contributed by atoms with Crippen LogP contribution in [0.25, 0.3) is 21.5 Å². The van der Waals surface area contributed by atoms with Crippen molar-refractivity contribution in [2.45, 2.75) is 6.54 Å². The largest absolute Gasteiger partial charge is 0.348 e. The van der Waals surface area contributed by atoms with Crippen LogP contribution in [0.15, 0.2) is 59.2 Å². The second kappa shape index (κ2) is 4.82. The molecule has 0 amide bonds. The highest BCUT2D eigenvalue weighted by molar-refractivity contribution is 7.13. The third-order valence-corrected chi connectivity index (χ3v) is 3.83. The van der Waals surface area contributed by atoms with Crippen LogP contribution in [0.2, 0.25) is 0 Å². The predicted molar refractivity (Wildman–Crippen MR) is 79.5 cm³/mol. The lowest BCUT2D eigenvalue weighted by Gasteiger charge is -2.09. The summed E-state index contributed by atoms with van der Waals surface area (Å²) in [7, 11) is 0. The molecule has 0 aliphatic heterocycles. The van der Waals surface area contributed by atoms with Gasteiger partial charge in [0, 0.05) is 11.9 Å². The lowest BCUT2D eigenvalue weighted by Crippen LogP contribution is -2.23. The number of allylic oxidation sites excluding steroid dienone is 1. The van der Waals surface area contributed by atoms with E-state index in [0.717, 1.165) is 21.5 Å². The molecule has 0 saturated carbocycles. The molecule has 0 saturated heterocycles. The van der Waals surface area contributed by atoms with Crippen molar-refractivity contribution in [3.05, 3.63) is 64.9 Å². The lowest BCUT2D eigenvalue weighted by atomic mass is 10.1. The molecule has 0 bridgehead atoms. The van der Waals surface area contributed by atoms with E-state index in [4.69, 9.17) is 0 Å². The first-order chi connectivity index (χ1) is 9.31. The van der Waals surface area contributed by atoms with E-state index in [-0.39, 0.29) is 5.69 Å². The van der Waals surface area contributed by atoms with E-state index in [2.05, 4.69) is 11.6 Å². The summed E-state index contributed by atoms with van der Waals surface area (Å²) in [5.41, 5.74) is 1.42. The quantitative estimate of drug-likeness (QED) is 0.683. The van der Waals surface area contributed by atoms with Crippen LogP contribution < -0.4 is 5.69 Å². The van der Waals surface area contributed by atoms with Crippen LogP contribution in [-0.4, -0.2) is 9.55 Å². The fraction of sp³-hybridized carbons (Fsp3) is 0.0667. The number of hydrogen-bond acceptors (Lipinski definition) is 3. The van der Waals surface area contributed by atoms with Crippen molar-refractivity contribution in [2.75, 3.05) is 0 Å². The highest BCUT2D eigenvalue weighted by Gasteiger charge is 2.11. The van der Waals surface area contributed by atoms with Gasteiger partial charge < -0.3 is 0 Å². The van der Waals surface area contributed by atoms with Gasteiger partial charge in [-0.1, -0.05) is 30.3 Å². The summed E-state index contributed by atoms with van der Waals surface area (Å²) in [6.07, 6.45) is 1.71. The van der Waals surface area contributed by atoms with Gasteiger partial charge in [-0.15, -0.1) is 17.9 Å². The molecule has 0 radical (unpaired) electrons. The average molecular weight is 268 g/mol. The Kier molecular flexibility index (Phi) is 3.01. The van der Waals surface area contributed by atoms with Crippen LogP contribution in [-0.2, 0) is 6.54 Å². The minimum absolute atomic E-state index is 0.234. The molecule has 19 heavy (non-hydrogen) atoms. The fourth-order valence-electron chi connectivity index (χ4n) is 2.14. The average Bonchev–Trinajstić information content (AvgIpc) is 2.95. The minimum atomic E-state index is -0.234. The first-order valence-electron chi connectivity index (χ1n) is 5.95. The third kappa shape index (κ3) is 2.00. The van der Waals surface area contributed by atoms with Gasteiger partial charge in [-0.3, -0.25) is 4.57 Å². The van der Waals surface area contributed by atoms with Crippen LogP contribution in [0, 0.1) is 0 Å². The monoisotopic (exact) mass is 268 g/mol. The normalized spacial score (nSPS) is 10.7. The molecule has 3 nitrogen and oxygen atoms in total. The Morgan fingerprint density at radius 1 is 1.26 bits per heavy atom. The second-order valence-corrected chi connectivity index (χ2v) is 5.08. The number of fused-ring (bicyclic) bond motifs is 1. The van der Waals surface area contributed by atoms with Gasteiger partial charge in [-0.2, -0.15) is 4.98 Å². The maximum absolute atomic E-state index is 12.1. The van der Waals surface area contributed by atoms with Gasteiger partial charge in [0.15, 0.2) is 0 Å². The Balaban J connectivity index is 2.40. The summed E-state index contributed by atoms with van der Waals surface area (Å²) in [5, 5.41) is 2.98. The summed E-state index contributed by atoms with van der Waals surface area (Å²) in [6.45, 7) is 4.16. The standard InChI is InChI=1S/C15H12N2OS/c1-2-9-17-12-7-4-3-6-11(12)14(16-15(17)18)13-8-5-10-19-13/h2-8,10H,1,9H2. The van der Waals surface area contributed by atoms with Crippen molar-refractivity contribution < 1.29 is 0 Å². The molecule has 0 N–H and O–H groups in total. The molecular weight excluding hydrogens is 256 g/mol. The fourth-order valence-corrected chi connectivity index (χ4v) is 2.86. The van der Waals surface area contributed by atoms with Crippen LogP contribution in [0.1, 0.15) is 0 Å². The lowest BCUT2D eigenvalue weighted by molar-refractivity contribution is 0.783. The molecule has 2 aromatic heterocycles. The maximum Gasteiger partial charge on any atom is 0.348 e. The number of hydrogen-bond donors (Lipinski definition) is 0. The Morgan fingerprint density at radius 3 is 2.84 bits per heavy atom. The number of thiophene rings is 1. The molecule has 94 valence electrons. The van der Waals surface area contributed by atoms with Gasteiger partial charge in [0.2, 0.25) is 0 Å². The number of aromatic nitrogens is 2. The van der Waals surface area contributed by atoms with Crippen molar-refractivity contribution >= 4 is 22.2 Å². The summed E-state index contributed by atoms with van der Waals surface area (Å²) in [5.74, 6) is 0. The van der Waals surface area contributed by atoms with Gasteiger partial charge in [0.05, 0.1) is 16.1 Å².